The van der Waals surface area contributed by atoms with Crippen LogP contribution in [0, 0.1) is 6.92 Å². The first-order valence-corrected chi connectivity index (χ1v) is 10.7. The largest absolute Gasteiger partial charge is 0.495 e. The fourth-order valence-corrected chi connectivity index (χ4v) is 4.74. The molecule has 0 aliphatic rings. The smallest absolute Gasteiger partial charge is 0.251 e. The van der Waals surface area contributed by atoms with Crippen LogP contribution in [0.25, 0.3) is 10.6 Å². The SMILES string of the molecule is COc1cc(C(=O)NCCc2ccc(-c3csc(C)n3)s2)cc(OC)c1Br. The second kappa shape index (κ2) is 8.86. The van der Waals surface area contributed by atoms with E-state index < -0.39 is 0 Å². The number of benzene rings is 1. The summed E-state index contributed by atoms with van der Waals surface area (Å²) in [6, 6.07) is 7.55. The highest BCUT2D eigenvalue weighted by Gasteiger charge is 2.14. The van der Waals surface area contributed by atoms with Crippen LogP contribution < -0.4 is 14.8 Å². The summed E-state index contributed by atoms with van der Waals surface area (Å²) in [5.41, 5.74) is 1.52. The summed E-state index contributed by atoms with van der Waals surface area (Å²) in [6.07, 6.45) is 0.768. The molecule has 1 N–H and O–H groups in total. The van der Waals surface area contributed by atoms with Gasteiger partial charge >= 0.3 is 0 Å². The third kappa shape index (κ3) is 4.69. The minimum absolute atomic E-state index is 0.161. The van der Waals surface area contributed by atoms with Gasteiger partial charge in [-0.2, -0.15) is 0 Å². The molecular formula is C19H19BrN2O3S2. The summed E-state index contributed by atoms with van der Waals surface area (Å²) in [7, 11) is 3.11. The van der Waals surface area contributed by atoms with E-state index >= 15 is 0 Å². The van der Waals surface area contributed by atoms with Crippen LogP contribution >= 0.6 is 38.6 Å². The van der Waals surface area contributed by atoms with Crippen LogP contribution in [0.15, 0.2) is 34.1 Å². The number of nitrogens with zero attached hydrogens (tertiary/aromatic N) is 1. The van der Waals surface area contributed by atoms with E-state index in [1.807, 2.05) is 6.92 Å². The second-order valence-corrected chi connectivity index (χ2v) is 8.74. The minimum atomic E-state index is -0.161. The maximum Gasteiger partial charge on any atom is 0.251 e. The lowest BCUT2D eigenvalue weighted by molar-refractivity contribution is 0.0953. The van der Waals surface area contributed by atoms with Gasteiger partial charge in [0, 0.05) is 22.4 Å². The lowest BCUT2D eigenvalue weighted by atomic mass is 10.2. The lowest BCUT2D eigenvalue weighted by Gasteiger charge is -2.11. The van der Waals surface area contributed by atoms with Gasteiger partial charge in [0.25, 0.3) is 5.91 Å². The van der Waals surface area contributed by atoms with E-state index in [4.69, 9.17) is 9.47 Å². The van der Waals surface area contributed by atoms with Crippen LogP contribution in [-0.4, -0.2) is 31.7 Å². The Balaban J connectivity index is 1.61. The number of nitrogens with one attached hydrogen (secondary N) is 1. The topological polar surface area (TPSA) is 60.5 Å². The molecule has 0 unspecified atom stereocenters. The van der Waals surface area contributed by atoms with Crippen molar-refractivity contribution >= 4 is 44.5 Å². The van der Waals surface area contributed by atoms with Gasteiger partial charge in [-0.25, -0.2) is 4.98 Å². The zero-order valence-electron chi connectivity index (χ0n) is 15.2. The van der Waals surface area contributed by atoms with Gasteiger partial charge in [0.1, 0.15) is 16.0 Å². The van der Waals surface area contributed by atoms with Crippen molar-refractivity contribution in [3.05, 3.63) is 49.6 Å². The standard InChI is InChI=1S/C19H19BrN2O3S2/c1-11-22-14(10-26-11)17-5-4-13(27-17)6-7-21-19(23)12-8-15(24-2)18(20)16(9-12)25-3/h4-5,8-10H,6-7H2,1-3H3,(H,21,23). The number of carbonyl (C=O) groups excluding carboxylic acids is 1. The van der Waals surface area contributed by atoms with Crippen molar-refractivity contribution in [3.63, 3.8) is 0 Å². The Morgan fingerprint density at radius 3 is 2.52 bits per heavy atom. The molecule has 0 aliphatic heterocycles. The molecule has 0 spiro atoms. The third-order valence-electron chi connectivity index (χ3n) is 3.90. The number of halogens is 1. The Kier molecular flexibility index (Phi) is 6.51. The van der Waals surface area contributed by atoms with Crippen LogP contribution in [0.2, 0.25) is 0 Å². The Bertz CT molecular complexity index is 927. The zero-order chi connectivity index (χ0) is 19.4. The number of thiazole rings is 1. The molecule has 1 aromatic carbocycles. The third-order valence-corrected chi connectivity index (χ3v) is 6.62. The molecule has 3 rings (SSSR count). The molecule has 1 amide bonds. The number of aromatic nitrogens is 1. The molecule has 2 heterocycles. The molecule has 0 saturated heterocycles. The summed E-state index contributed by atoms with van der Waals surface area (Å²) < 4.78 is 11.3. The molecule has 27 heavy (non-hydrogen) atoms. The van der Waals surface area contributed by atoms with Gasteiger partial charge in [-0.1, -0.05) is 0 Å². The zero-order valence-corrected chi connectivity index (χ0v) is 18.4. The van der Waals surface area contributed by atoms with Gasteiger partial charge in [-0.15, -0.1) is 22.7 Å². The molecule has 2 aromatic heterocycles. The lowest BCUT2D eigenvalue weighted by Crippen LogP contribution is -2.25. The number of carbonyl (C=O) groups is 1. The average Bonchev–Trinajstić information content (AvgIpc) is 3.30. The van der Waals surface area contributed by atoms with Gasteiger partial charge in [0.2, 0.25) is 0 Å². The highest BCUT2D eigenvalue weighted by atomic mass is 79.9. The Hall–Kier alpha value is -1.90. The molecular weight excluding hydrogens is 448 g/mol. The van der Waals surface area contributed by atoms with Crippen molar-refractivity contribution in [2.24, 2.45) is 0 Å². The first kappa shape index (κ1) is 19.9. The van der Waals surface area contributed by atoms with E-state index in [9.17, 15) is 4.79 Å². The van der Waals surface area contributed by atoms with Gasteiger partial charge in [0.05, 0.1) is 29.8 Å². The average molecular weight is 467 g/mol. The Morgan fingerprint density at radius 2 is 1.93 bits per heavy atom. The molecule has 0 aliphatic carbocycles. The molecule has 5 nitrogen and oxygen atoms in total. The van der Waals surface area contributed by atoms with Crippen LogP contribution in [0.3, 0.4) is 0 Å². The number of aryl methyl sites for hydroxylation is 1. The number of amides is 1. The van der Waals surface area contributed by atoms with Crippen molar-refractivity contribution < 1.29 is 14.3 Å². The van der Waals surface area contributed by atoms with E-state index in [0.717, 1.165) is 22.0 Å². The monoisotopic (exact) mass is 466 g/mol. The van der Waals surface area contributed by atoms with E-state index in [1.54, 1.807) is 49.0 Å². The van der Waals surface area contributed by atoms with Gasteiger partial charge in [-0.05, 0) is 53.5 Å². The number of ether oxygens (including phenoxy) is 2. The van der Waals surface area contributed by atoms with E-state index in [-0.39, 0.29) is 5.91 Å². The summed E-state index contributed by atoms with van der Waals surface area (Å²) >= 11 is 6.76. The fourth-order valence-electron chi connectivity index (χ4n) is 2.53. The highest BCUT2D eigenvalue weighted by Crippen LogP contribution is 2.35. The van der Waals surface area contributed by atoms with Crippen LogP contribution in [-0.2, 0) is 6.42 Å². The molecule has 0 atom stereocenters. The van der Waals surface area contributed by atoms with E-state index in [1.165, 1.54) is 4.88 Å². The summed E-state index contributed by atoms with van der Waals surface area (Å²) in [4.78, 5) is 19.3. The molecule has 0 bridgehead atoms. The second-order valence-electron chi connectivity index (χ2n) is 5.72. The van der Waals surface area contributed by atoms with Gasteiger partial charge in [-0.3, -0.25) is 4.79 Å². The summed E-state index contributed by atoms with van der Waals surface area (Å²) in [5, 5.41) is 6.08. The Morgan fingerprint density at radius 1 is 1.22 bits per heavy atom. The van der Waals surface area contributed by atoms with Crippen molar-refractivity contribution in [2.45, 2.75) is 13.3 Å². The van der Waals surface area contributed by atoms with Crippen LogP contribution in [0.4, 0.5) is 0 Å². The van der Waals surface area contributed by atoms with E-state index in [0.29, 0.717) is 28.1 Å². The number of hydrogen-bond acceptors (Lipinski definition) is 6. The van der Waals surface area contributed by atoms with Gasteiger partial charge in [0.15, 0.2) is 0 Å². The molecule has 8 heteroatoms. The number of thiophene rings is 1. The maximum absolute atomic E-state index is 12.5. The van der Waals surface area contributed by atoms with E-state index in [2.05, 4.69) is 43.7 Å². The normalized spacial score (nSPS) is 10.7. The predicted octanol–water partition coefficient (Wildman–Crippen LogP) is 4.93. The summed E-state index contributed by atoms with van der Waals surface area (Å²) in [5.74, 6) is 0.952. The van der Waals surface area contributed by atoms with Crippen molar-refractivity contribution in [2.75, 3.05) is 20.8 Å². The van der Waals surface area contributed by atoms with Crippen LogP contribution in [0.5, 0.6) is 11.5 Å². The van der Waals surface area contributed by atoms with Crippen LogP contribution in [0.1, 0.15) is 20.2 Å². The van der Waals surface area contributed by atoms with Crippen molar-refractivity contribution in [3.8, 4) is 22.1 Å². The molecule has 0 fully saturated rings. The van der Waals surface area contributed by atoms with Gasteiger partial charge < -0.3 is 14.8 Å². The highest BCUT2D eigenvalue weighted by molar-refractivity contribution is 9.10. The quantitative estimate of drug-likeness (QED) is 0.535. The molecule has 0 radical (unpaired) electrons. The minimum Gasteiger partial charge on any atom is -0.495 e. The number of rotatable bonds is 7. The van der Waals surface area contributed by atoms with Crippen molar-refractivity contribution in [1.29, 1.82) is 0 Å². The first-order chi connectivity index (χ1) is 13.0. The number of methoxy groups -OCH3 is 2. The predicted molar refractivity (Wildman–Crippen MR) is 113 cm³/mol. The number of hydrogen-bond donors (Lipinski definition) is 1. The Labute approximate surface area is 174 Å². The first-order valence-electron chi connectivity index (χ1n) is 8.22. The summed E-state index contributed by atoms with van der Waals surface area (Å²) in [6.45, 7) is 2.56. The molecule has 3 aromatic rings. The fraction of sp³-hybridized carbons (Fsp3) is 0.263. The molecule has 0 saturated carbocycles. The maximum atomic E-state index is 12.5. The van der Waals surface area contributed by atoms with Crippen molar-refractivity contribution in [1.82, 2.24) is 10.3 Å². The molecule has 142 valence electrons.